The molecule has 3 rings (SSSR count). The number of aromatic nitrogens is 2. The third-order valence-corrected chi connectivity index (χ3v) is 4.36. The van der Waals surface area contributed by atoms with E-state index in [4.69, 9.17) is 5.10 Å². The fourth-order valence-electron chi connectivity index (χ4n) is 3.11. The van der Waals surface area contributed by atoms with Crippen molar-refractivity contribution in [2.45, 2.75) is 39.0 Å². The molecule has 0 saturated carbocycles. The van der Waals surface area contributed by atoms with Crippen molar-refractivity contribution in [1.82, 2.24) is 9.78 Å². The van der Waals surface area contributed by atoms with Gasteiger partial charge in [0.15, 0.2) is 0 Å². The number of non-ortho nitro benzene ring substituents is 1. The van der Waals surface area contributed by atoms with Crippen molar-refractivity contribution >= 4 is 11.5 Å². The molecule has 0 spiro atoms. The van der Waals surface area contributed by atoms with Gasteiger partial charge in [-0.15, -0.1) is 0 Å². The van der Waals surface area contributed by atoms with Crippen LogP contribution in [0, 0.1) is 10.1 Å². The van der Waals surface area contributed by atoms with Crippen LogP contribution in [0.1, 0.15) is 43.9 Å². The van der Waals surface area contributed by atoms with Gasteiger partial charge in [-0.05, 0) is 31.4 Å². The standard InChI is InChI=1S/C16H20N4O2/c1-3-11(4-2)15-14-9-10-17-16(14)19(18-15)12-5-7-13(8-6-12)20(21)22/h5-8,11,17H,3-4,9-10H2,1-2H3. The quantitative estimate of drug-likeness (QED) is 0.675. The van der Waals surface area contributed by atoms with E-state index in [1.807, 2.05) is 4.68 Å². The van der Waals surface area contributed by atoms with Gasteiger partial charge in [-0.2, -0.15) is 5.10 Å². The molecule has 6 heteroatoms. The largest absolute Gasteiger partial charge is 0.369 e. The summed E-state index contributed by atoms with van der Waals surface area (Å²) in [6.07, 6.45) is 3.13. The first-order valence-electron chi connectivity index (χ1n) is 7.76. The van der Waals surface area contributed by atoms with E-state index < -0.39 is 0 Å². The van der Waals surface area contributed by atoms with Crippen molar-refractivity contribution in [2.24, 2.45) is 0 Å². The molecule has 0 saturated heterocycles. The topological polar surface area (TPSA) is 73.0 Å². The molecule has 6 nitrogen and oxygen atoms in total. The molecule has 22 heavy (non-hydrogen) atoms. The zero-order valence-electron chi connectivity index (χ0n) is 12.9. The molecule has 1 aromatic carbocycles. The number of nitrogens with zero attached hydrogens (tertiary/aromatic N) is 3. The zero-order chi connectivity index (χ0) is 15.7. The number of nitrogens with one attached hydrogen (secondary N) is 1. The van der Waals surface area contributed by atoms with E-state index in [-0.39, 0.29) is 10.6 Å². The summed E-state index contributed by atoms with van der Waals surface area (Å²) < 4.78 is 1.89. The van der Waals surface area contributed by atoms with E-state index in [1.54, 1.807) is 12.1 Å². The Labute approximate surface area is 129 Å². The molecule has 0 aliphatic carbocycles. The van der Waals surface area contributed by atoms with Crippen LogP contribution in [-0.4, -0.2) is 21.2 Å². The molecule has 116 valence electrons. The van der Waals surface area contributed by atoms with Gasteiger partial charge in [0.25, 0.3) is 5.69 Å². The number of anilines is 1. The zero-order valence-corrected chi connectivity index (χ0v) is 12.9. The Hall–Kier alpha value is -2.37. The van der Waals surface area contributed by atoms with Crippen LogP contribution in [0.15, 0.2) is 24.3 Å². The third kappa shape index (κ3) is 2.34. The highest BCUT2D eigenvalue weighted by atomic mass is 16.6. The number of hydrogen-bond acceptors (Lipinski definition) is 4. The maximum Gasteiger partial charge on any atom is 0.269 e. The Morgan fingerprint density at radius 1 is 1.32 bits per heavy atom. The molecule has 0 unspecified atom stereocenters. The summed E-state index contributed by atoms with van der Waals surface area (Å²) in [7, 11) is 0. The number of rotatable bonds is 5. The summed E-state index contributed by atoms with van der Waals surface area (Å²) in [6, 6.07) is 6.55. The van der Waals surface area contributed by atoms with Crippen LogP contribution in [0.5, 0.6) is 0 Å². The number of hydrogen-bond donors (Lipinski definition) is 1. The van der Waals surface area contributed by atoms with E-state index in [9.17, 15) is 10.1 Å². The monoisotopic (exact) mass is 300 g/mol. The van der Waals surface area contributed by atoms with Gasteiger partial charge in [-0.1, -0.05) is 13.8 Å². The van der Waals surface area contributed by atoms with Gasteiger partial charge in [0.05, 0.1) is 16.3 Å². The second-order valence-corrected chi connectivity index (χ2v) is 5.59. The highest BCUT2D eigenvalue weighted by molar-refractivity contribution is 5.58. The van der Waals surface area contributed by atoms with Crippen molar-refractivity contribution in [2.75, 3.05) is 11.9 Å². The maximum absolute atomic E-state index is 10.8. The van der Waals surface area contributed by atoms with E-state index >= 15 is 0 Å². The summed E-state index contributed by atoms with van der Waals surface area (Å²) in [4.78, 5) is 10.4. The Balaban J connectivity index is 2.04. The smallest absolute Gasteiger partial charge is 0.269 e. The number of fused-ring (bicyclic) bond motifs is 1. The van der Waals surface area contributed by atoms with Crippen LogP contribution in [0.4, 0.5) is 11.5 Å². The number of nitro benzene ring substituents is 1. The van der Waals surface area contributed by atoms with Crippen molar-refractivity contribution in [3.63, 3.8) is 0 Å². The lowest BCUT2D eigenvalue weighted by Gasteiger charge is -2.10. The van der Waals surface area contributed by atoms with E-state index in [1.165, 1.54) is 23.4 Å². The second-order valence-electron chi connectivity index (χ2n) is 5.59. The normalized spacial score (nSPS) is 13.2. The van der Waals surface area contributed by atoms with Gasteiger partial charge in [-0.25, -0.2) is 4.68 Å². The highest BCUT2D eigenvalue weighted by Gasteiger charge is 2.26. The fourth-order valence-corrected chi connectivity index (χ4v) is 3.11. The molecule has 0 atom stereocenters. The van der Waals surface area contributed by atoms with Gasteiger partial charge < -0.3 is 5.32 Å². The van der Waals surface area contributed by atoms with Crippen molar-refractivity contribution in [3.05, 3.63) is 45.6 Å². The molecule has 0 bridgehead atoms. The lowest BCUT2D eigenvalue weighted by atomic mass is 9.96. The highest BCUT2D eigenvalue weighted by Crippen LogP contribution is 2.35. The molecular weight excluding hydrogens is 280 g/mol. The average molecular weight is 300 g/mol. The molecule has 1 aliphatic heterocycles. The Morgan fingerprint density at radius 2 is 2.00 bits per heavy atom. The molecule has 1 N–H and O–H groups in total. The second kappa shape index (κ2) is 5.79. The molecule has 0 radical (unpaired) electrons. The summed E-state index contributed by atoms with van der Waals surface area (Å²) in [6.45, 7) is 5.30. The molecule has 0 amide bonds. The van der Waals surface area contributed by atoms with Crippen LogP contribution in [-0.2, 0) is 6.42 Å². The SMILES string of the molecule is CCC(CC)c1nn(-c2ccc([N+](=O)[O-])cc2)c2c1CCN2. The first kappa shape index (κ1) is 14.6. The van der Waals surface area contributed by atoms with Crippen LogP contribution < -0.4 is 5.32 Å². The van der Waals surface area contributed by atoms with Crippen LogP contribution in [0.2, 0.25) is 0 Å². The minimum Gasteiger partial charge on any atom is -0.369 e. The Morgan fingerprint density at radius 3 is 2.59 bits per heavy atom. The van der Waals surface area contributed by atoms with Crippen molar-refractivity contribution in [3.8, 4) is 5.69 Å². The van der Waals surface area contributed by atoms with Crippen LogP contribution >= 0.6 is 0 Å². The molecule has 0 fully saturated rings. The van der Waals surface area contributed by atoms with Crippen molar-refractivity contribution < 1.29 is 4.92 Å². The van der Waals surface area contributed by atoms with Crippen molar-refractivity contribution in [1.29, 1.82) is 0 Å². The first-order chi connectivity index (χ1) is 10.7. The number of nitro groups is 1. The van der Waals surface area contributed by atoms with E-state index in [0.717, 1.165) is 37.3 Å². The summed E-state index contributed by atoms with van der Waals surface area (Å²) >= 11 is 0. The fraction of sp³-hybridized carbons (Fsp3) is 0.438. The van der Waals surface area contributed by atoms with Gasteiger partial charge in [0.2, 0.25) is 0 Å². The Bertz CT molecular complexity index is 687. The Kier molecular flexibility index (Phi) is 3.83. The van der Waals surface area contributed by atoms with Gasteiger partial charge in [-0.3, -0.25) is 10.1 Å². The summed E-state index contributed by atoms with van der Waals surface area (Å²) in [5, 5.41) is 19.0. The van der Waals surface area contributed by atoms with Gasteiger partial charge in [0, 0.05) is 30.2 Å². The first-order valence-corrected chi connectivity index (χ1v) is 7.76. The molecule has 1 aromatic heterocycles. The molecule has 2 aromatic rings. The summed E-state index contributed by atoms with van der Waals surface area (Å²) in [5.41, 5.74) is 3.42. The number of benzene rings is 1. The van der Waals surface area contributed by atoms with E-state index in [2.05, 4.69) is 19.2 Å². The average Bonchev–Trinajstić information content (AvgIpc) is 3.12. The maximum atomic E-state index is 10.8. The van der Waals surface area contributed by atoms with E-state index in [0.29, 0.717) is 5.92 Å². The van der Waals surface area contributed by atoms with Gasteiger partial charge in [0.1, 0.15) is 5.82 Å². The molecule has 2 heterocycles. The lowest BCUT2D eigenvalue weighted by Crippen LogP contribution is -2.06. The predicted molar refractivity (Wildman–Crippen MR) is 85.7 cm³/mol. The molecule has 1 aliphatic rings. The lowest BCUT2D eigenvalue weighted by molar-refractivity contribution is -0.384. The minimum absolute atomic E-state index is 0.0979. The van der Waals surface area contributed by atoms with Gasteiger partial charge >= 0.3 is 0 Å². The predicted octanol–water partition coefficient (Wildman–Crippen LogP) is 3.65. The van der Waals surface area contributed by atoms with Crippen LogP contribution in [0.3, 0.4) is 0 Å². The van der Waals surface area contributed by atoms with Crippen LogP contribution in [0.25, 0.3) is 5.69 Å². The molecular formula is C16H20N4O2. The minimum atomic E-state index is -0.384. The summed E-state index contributed by atoms with van der Waals surface area (Å²) in [5.74, 6) is 1.50. The third-order valence-electron chi connectivity index (χ3n) is 4.36.